The number of fused-ring (bicyclic) bond motifs is 1. The number of halogens is 1. The van der Waals surface area contributed by atoms with E-state index in [2.05, 4.69) is 29.6 Å². The van der Waals surface area contributed by atoms with Crippen LogP contribution in [0.25, 0.3) is 11.0 Å². The second kappa shape index (κ2) is 6.81. The molecule has 1 unspecified atom stereocenters. The normalized spacial score (nSPS) is 13.3. The van der Waals surface area contributed by atoms with Gasteiger partial charge in [-0.3, -0.25) is 0 Å². The van der Waals surface area contributed by atoms with E-state index in [1.165, 1.54) is 13.3 Å². The third-order valence-electron chi connectivity index (χ3n) is 3.38. The van der Waals surface area contributed by atoms with Crippen LogP contribution in [-0.2, 0) is 9.47 Å². The monoisotopic (exact) mass is 340 g/mol. The molecule has 0 fully saturated rings. The van der Waals surface area contributed by atoms with Gasteiger partial charge in [-0.1, -0.05) is 31.2 Å². The summed E-state index contributed by atoms with van der Waals surface area (Å²) in [4.78, 5) is 19.2. The highest BCUT2D eigenvalue weighted by Crippen LogP contribution is 2.32. The molecule has 120 valence electrons. The number of hydrogen-bond donors (Lipinski definition) is 1. The van der Waals surface area contributed by atoms with Crippen molar-refractivity contribution in [3.8, 4) is 0 Å². The number of pyridine rings is 1. The third kappa shape index (κ3) is 3.88. The van der Waals surface area contributed by atoms with E-state index in [1.54, 1.807) is 6.20 Å². The van der Waals surface area contributed by atoms with Crippen LogP contribution in [-0.4, -0.2) is 37.7 Å². The van der Waals surface area contributed by atoms with E-state index >= 15 is 0 Å². The fourth-order valence-electron chi connectivity index (χ4n) is 2.10. The summed E-state index contributed by atoms with van der Waals surface area (Å²) in [6, 6.07) is 2.84. The lowest BCUT2D eigenvalue weighted by Crippen LogP contribution is -2.22. The minimum atomic E-state index is -1.20. The fourth-order valence-corrected chi connectivity index (χ4v) is 3.15. The topological polar surface area (TPSA) is 64.2 Å². The minimum absolute atomic E-state index is 0.336. The summed E-state index contributed by atoms with van der Waals surface area (Å²) in [7, 11) is 0.134. The highest BCUT2D eigenvalue weighted by molar-refractivity contribution is 6.76. The van der Waals surface area contributed by atoms with Crippen molar-refractivity contribution in [2.75, 3.05) is 13.7 Å². The van der Waals surface area contributed by atoms with Crippen molar-refractivity contribution in [2.24, 2.45) is 0 Å². The number of nitrogens with one attached hydrogen (secondary N) is 1. The van der Waals surface area contributed by atoms with Crippen LogP contribution in [0.1, 0.15) is 21.5 Å². The number of rotatable bonds is 6. The summed E-state index contributed by atoms with van der Waals surface area (Å²) in [5, 5.41) is 0.774. The summed E-state index contributed by atoms with van der Waals surface area (Å²) >= 11 is 6.42. The average molecular weight is 341 g/mol. The zero-order valence-electron chi connectivity index (χ0n) is 13.3. The molecule has 0 bridgehead atoms. The summed E-state index contributed by atoms with van der Waals surface area (Å²) in [6.07, 6.45) is 3.23. The van der Waals surface area contributed by atoms with Crippen molar-refractivity contribution in [2.45, 2.75) is 31.2 Å². The molecule has 2 aromatic rings. The second-order valence-electron chi connectivity index (χ2n) is 6.31. The van der Waals surface area contributed by atoms with Gasteiger partial charge in [-0.15, -0.1) is 0 Å². The second-order valence-corrected chi connectivity index (χ2v) is 12.3. The Balaban J connectivity index is 2.30. The lowest BCUT2D eigenvalue weighted by molar-refractivity contribution is 0.0591. The summed E-state index contributed by atoms with van der Waals surface area (Å²) in [6.45, 7) is 7.39. The van der Waals surface area contributed by atoms with Crippen LogP contribution in [0, 0.1) is 0 Å². The molecule has 0 amide bonds. The summed E-state index contributed by atoms with van der Waals surface area (Å²) in [5.74, 6) is -0.468. The molecular formula is C15H21ClN2O3Si. The molecule has 0 aromatic carbocycles. The number of aromatic nitrogens is 2. The van der Waals surface area contributed by atoms with E-state index in [0.717, 1.165) is 11.4 Å². The smallest absolute Gasteiger partial charge is 0.339 e. The number of ether oxygens (including phenoxy) is 2. The average Bonchev–Trinajstić information content (AvgIpc) is 2.92. The maximum absolute atomic E-state index is 12.0. The first-order valence-electron chi connectivity index (χ1n) is 7.13. The Morgan fingerprint density at radius 3 is 2.82 bits per heavy atom. The van der Waals surface area contributed by atoms with E-state index in [0.29, 0.717) is 23.4 Å². The third-order valence-corrected chi connectivity index (χ3v) is 5.43. The molecule has 22 heavy (non-hydrogen) atoms. The first kappa shape index (κ1) is 17.0. The number of H-pyrrole nitrogens is 1. The molecule has 1 atom stereocenters. The summed E-state index contributed by atoms with van der Waals surface area (Å²) < 4.78 is 10.6. The standard InChI is InChI=1S/C15H21ClN2O3Si/c1-20-15(19)11-9-18-14-10(5-6-17-14)12(11)13(16)21-7-8-22(2,3)4/h5-6,9,13H,7-8H2,1-4H3,(H,17,18). The predicted molar refractivity (Wildman–Crippen MR) is 90.1 cm³/mol. The molecule has 2 heterocycles. The van der Waals surface area contributed by atoms with Gasteiger partial charge >= 0.3 is 5.97 Å². The minimum Gasteiger partial charge on any atom is -0.465 e. The van der Waals surface area contributed by atoms with Crippen LogP contribution in [0.4, 0.5) is 0 Å². The van der Waals surface area contributed by atoms with E-state index in [-0.39, 0.29) is 0 Å². The fraction of sp³-hybridized carbons (Fsp3) is 0.467. The maximum atomic E-state index is 12.0. The molecule has 2 rings (SSSR count). The van der Waals surface area contributed by atoms with Gasteiger partial charge in [0, 0.05) is 38.0 Å². The van der Waals surface area contributed by atoms with E-state index in [9.17, 15) is 4.79 Å². The molecule has 0 saturated heterocycles. The van der Waals surface area contributed by atoms with Crippen molar-refractivity contribution in [3.63, 3.8) is 0 Å². The molecule has 1 N–H and O–H groups in total. The lowest BCUT2D eigenvalue weighted by Gasteiger charge is -2.19. The largest absolute Gasteiger partial charge is 0.465 e. The van der Waals surface area contributed by atoms with Crippen LogP contribution in [0.2, 0.25) is 25.7 Å². The van der Waals surface area contributed by atoms with Crippen LogP contribution < -0.4 is 0 Å². The maximum Gasteiger partial charge on any atom is 0.339 e. The van der Waals surface area contributed by atoms with Gasteiger partial charge in [0.2, 0.25) is 0 Å². The SMILES string of the molecule is COC(=O)c1cnc2[nH]ccc2c1C(Cl)OCC[Si](C)(C)C. The first-order valence-corrected chi connectivity index (χ1v) is 11.3. The molecule has 0 aliphatic heterocycles. The molecule has 0 aliphatic rings. The molecule has 0 radical (unpaired) electrons. The van der Waals surface area contributed by atoms with Crippen LogP contribution in [0.15, 0.2) is 18.5 Å². The first-order chi connectivity index (χ1) is 10.3. The number of nitrogens with zero attached hydrogens (tertiary/aromatic N) is 1. The van der Waals surface area contributed by atoms with Gasteiger partial charge in [0.05, 0.1) is 12.7 Å². The van der Waals surface area contributed by atoms with Gasteiger partial charge in [-0.05, 0) is 12.1 Å². The zero-order chi connectivity index (χ0) is 16.3. The van der Waals surface area contributed by atoms with Crippen LogP contribution in [0.3, 0.4) is 0 Å². The number of hydrogen-bond acceptors (Lipinski definition) is 4. The van der Waals surface area contributed by atoms with Gasteiger partial charge in [-0.25, -0.2) is 9.78 Å². The van der Waals surface area contributed by atoms with Gasteiger partial charge < -0.3 is 14.5 Å². The summed E-state index contributed by atoms with van der Waals surface area (Å²) in [5.41, 5.74) is 0.895. The van der Waals surface area contributed by atoms with E-state index in [4.69, 9.17) is 21.1 Å². The van der Waals surface area contributed by atoms with Gasteiger partial charge in [0.25, 0.3) is 0 Å². The molecule has 5 nitrogen and oxygen atoms in total. The zero-order valence-corrected chi connectivity index (χ0v) is 15.0. The van der Waals surface area contributed by atoms with E-state index < -0.39 is 19.6 Å². The van der Waals surface area contributed by atoms with Crippen LogP contribution >= 0.6 is 11.6 Å². The molecule has 0 aliphatic carbocycles. The van der Waals surface area contributed by atoms with Crippen molar-refractivity contribution in [1.82, 2.24) is 9.97 Å². The molecule has 7 heteroatoms. The van der Waals surface area contributed by atoms with E-state index in [1.807, 2.05) is 6.07 Å². The Hall–Kier alpha value is -1.37. The molecule has 0 saturated carbocycles. The van der Waals surface area contributed by atoms with Gasteiger partial charge in [0.1, 0.15) is 5.65 Å². The lowest BCUT2D eigenvalue weighted by atomic mass is 10.1. The highest BCUT2D eigenvalue weighted by atomic mass is 35.5. The predicted octanol–water partition coefficient (Wildman–Crippen LogP) is 3.94. The quantitative estimate of drug-likeness (QED) is 0.491. The van der Waals surface area contributed by atoms with Crippen LogP contribution in [0.5, 0.6) is 0 Å². The number of carbonyl (C=O) groups is 1. The van der Waals surface area contributed by atoms with Crippen molar-refractivity contribution in [3.05, 3.63) is 29.6 Å². The van der Waals surface area contributed by atoms with Gasteiger partial charge in [0.15, 0.2) is 5.56 Å². The number of aromatic amines is 1. The molecule has 0 spiro atoms. The Labute approximate surface area is 136 Å². The van der Waals surface area contributed by atoms with Crippen molar-refractivity contribution in [1.29, 1.82) is 0 Å². The Morgan fingerprint density at radius 1 is 1.45 bits per heavy atom. The van der Waals surface area contributed by atoms with Gasteiger partial charge in [-0.2, -0.15) is 0 Å². The Morgan fingerprint density at radius 2 is 2.18 bits per heavy atom. The number of methoxy groups -OCH3 is 1. The highest BCUT2D eigenvalue weighted by Gasteiger charge is 2.23. The number of alkyl halides is 1. The Kier molecular flexibility index (Phi) is 5.26. The molecular weight excluding hydrogens is 320 g/mol. The molecule has 2 aromatic heterocycles. The number of carbonyl (C=O) groups excluding carboxylic acids is 1. The van der Waals surface area contributed by atoms with Crippen molar-refractivity contribution < 1.29 is 14.3 Å². The van der Waals surface area contributed by atoms with Crippen molar-refractivity contribution >= 4 is 36.7 Å². The number of esters is 1. The Bertz CT molecular complexity index is 666.